The molecule has 2 heterocycles. The molecule has 4 aliphatic rings. The Morgan fingerprint density at radius 1 is 0.577 bits per heavy atom. The Bertz CT molecular complexity index is 2110. The van der Waals surface area contributed by atoms with E-state index in [0.29, 0.717) is 11.8 Å². The van der Waals surface area contributed by atoms with Crippen LogP contribution in [0, 0.1) is 0 Å². The molecule has 0 aliphatic heterocycles. The average Bonchev–Trinajstić information content (AvgIpc) is 4.03. The SMILES string of the molecule is C1=C(c2ccco2)C(C[Si]CC2C(c3ccco3)=Cc3c2cc2c(c3-c3ccccc3)CCC2)c2cc3c(c(-c4ccccc4)c21)CCC3.[Cl][Zr][Cl]. The van der Waals surface area contributed by atoms with Gasteiger partial charge in [-0.2, -0.15) is 0 Å². The molecule has 0 spiro atoms. The van der Waals surface area contributed by atoms with E-state index >= 15 is 0 Å². The molecular formula is C46H38Cl2O2SiZr. The van der Waals surface area contributed by atoms with E-state index in [0.717, 1.165) is 33.1 Å². The Balaban J connectivity index is 0.00000116. The number of hydrogen-bond donors (Lipinski definition) is 0. The van der Waals surface area contributed by atoms with E-state index in [1.165, 1.54) is 94.2 Å². The van der Waals surface area contributed by atoms with Crippen molar-refractivity contribution >= 4 is 49.8 Å². The summed E-state index contributed by atoms with van der Waals surface area (Å²) in [6.07, 6.45) is 15.8. The molecular weight excluding hydrogens is 775 g/mol. The zero-order chi connectivity index (χ0) is 35.0. The summed E-state index contributed by atoms with van der Waals surface area (Å²) >= 11 is -0.826. The number of hydrogen-bond acceptors (Lipinski definition) is 2. The molecule has 6 aromatic rings. The third kappa shape index (κ3) is 6.24. The van der Waals surface area contributed by atoms with Crippen LogP contribution in [0.5, 0.6) is 0 Å². The van der Waals surface area contributed by atoms with E-state index in [9.17, 15) is 0 Å². The molecule has 4 aromatic carbocycles. The van der Waals surface area contributed by atoms with Gasteiger partial charge in [-0.1, -0.05) is 72.8 Å². The number of furan rings is 2. The van der Waals surface area contributed by atoms with Crippen LogP contribution in [0.25, 0.3) is 45.6 Å². The van der Waals surface area contributed by atoms with E-state index in [1.807, 2.05) is 24.7 Å². The van der Waals surface area contributed by atoms with Crippen molar-refractivity contribution in [2.45, 2.75) is 62.4 Å². The topological polar surface area (TPSA) is 26.3 Å². The van der Waals surface area contributed by atoms with Gasteiger partial charge in [-0.05, 0) is 154 Å². The van der Waals surface area contributed by atoms with Gasteiger partial charge in [-0.25, -0.2) is 0 Å². The molecule has 0 fully saturated rings. The van der Waals surface area contributed by atoms with Crippen molar-refractivity contribution in [2.24, 2.45) is 0 Å². The summed E-state index contributed by atoms with van der Waals surface area (Å²) in [6.45, 7) is 0. The molecule has 256 valence electrons. The molecule has 0 saturated heterocycles. The molecule has 0 bridgehead atoms. The number of aryl methyl sites for hydroxylation is 2. The fourth-order valence-corrected chi connectivity index (χ4v) is 11.0. The first-order valence-corrected chi connectivity index (χ1v) is 26.1. The second-order valence-electron chi connectivity index (χ2n) is 14.2. The molecule has 2 aromatic heterocycles. The third-order valence-corrected chi connectivity index (χ3v) is 12.9. The molecule has 0 amide bonds. The van der Waals surface area contributed by atoms with Crippen molar-refractivity contribution < 1.29 is 29.7 Å². The van der Waals surface area contributed by atoms with Gasteiger partial charge in [0, 0.05) is 32.5 Å². The monoisotopic (exact) mass is 810 g/mol. The van der Waals surface area contributed by atoms with Crippen molar-refractivity contribution in [3.8, 4) is 22.3 Å². The van der Waals surface area contributed by atoms with Gasteiger partial charge in [0.15, 0.2) is 0 Å². The van der Waals surface area contributed by atoms with Crippen LogP contribution in [0.1, 0.15) is 80.7 Å². The van der Waals surface area contributed by atoms with Crippen LogP contribution in [0.3, 0.4) is 0 Å². The Morgan fingerprint density at radius 3 is 1.42 bits per heavy atom. The third-order valence-electron chi connectivity index (χ3n) is 11.5. The van der Waals surface area contributed by atoms with E-state index in [2.05, 4.69) is 97.1 Å². The van der Waals surface area contributed by atoms with E-state index in [-0.39, 0.29) is 0 Å². The summed E-state index contributed by atoms with van der Waals surface area (Å²) in [4.78, 5) is 0. The van der Waals surface area contributed by atoms with Crippen LogP contribution in [0.2, 0.25) is 12.1 Å². The first-order valence-electron chi connectivity index (χ1n) is 18.4. The zero-order valence-electron chi connectivity index (χ0n) is 28.9. The number of halogens is 2. The predicted octanol–water partition coefficient (Wildman–Crippen LogP) is 13.1. The zero-order valence-corrected chi connectivity index (χ0v) is 33.9. The van der Waals surface area contributed by atoms with Crippen molar-refractivity contribution in [3.63, 3.8) is 0 Å². The van der Waals surface area contributed by atoms with Crippen molar-refractivity contribution in [1.82, 2.24) is 0 Å². The molecule has 52 heavy (non-hydrogen) atoms. The predicted molar refractivity (Wildman–Crippen MR) is 214 cm³/mol. The Morgan fingerprint density at radius 2 is 1.02 bits per heavy atom. The van der Waals surface area contributed by atoms with Gasteiger partial charge in [-0.3, -0.25) is 0 Å². The van der Waals surface area contributed by atoms with Crippen LogP contribution in [-0.4, -0.2) is 9.52 Å². The van der Waals surface area contributed by atoms with E-state index in [1.54, 1.807) is 22.3 Å². The fourth-order valence-electron chi connectivity index (χ4n) is 9.36. The van der Waals surface area contributed by atoms with Gasteiger partial charge in [0.1, 0.15) is 11.5 Å². The number of rotatable bonds is 8. The maximum absolute atomic E-state index is 6.13. The van der Waals surface area contributed by atoms with Crippen molar-refractivity contribution in [1.29, 1.82) is 0 Å². The molecule has 2 unspecified atom stereocenters. The first-order chi connectivity index (χ1) is 25.7. The molecule has 0 N–H and O–H groups in total. The van der Waals surface area contributed by atoms with Crippen molar-refractivity contribution in [3.05, 3.63) is 166 Å². The molecule has 0 saturated carbocycles. The van der Waals surface area contributed by atoms with Gasteiger partial charge < -0.3 is 8.83 Å². The quantitative estimate of drug-likeness (QED) is 0.143. The normalized spacial score (nSPS) is 17.8. The maximum atomic E-state index is 6.13. The van der Waals surface area contributed by atoms with Gasteiger partial charge in [0.2, 0.25) is 0 Å². The van der Waals surface area contributed by atoms with Crippen LogP contribution in [-0.2, 0) is 46.5 Å². The van der Waals surface area contributed by atoms with Crippen molar-refractivity contribution in [2.75, 3.05) is 0 Å². The van der Waals surface area contributed by atoms with Crippen LogP contribution < -0.4 is 0 Å². The van der Waals surface area contributed by atoms with E-state index in [4.69, 9.17) is 25.9 Å². The molecule has 4 aliphatic carbocycles. The van der Waals surface area contributed by atoms with Gasteiger partial charge in [0.05, 0.1) is 12.5 Å². The second-order valence-corrected chi connectivity index (χ2v) is 19.3. The van der Waals surface area contributed by atoms with E-state index < -0.39 is 20.8 Å². The first kappa shape index (κ1) is 34.4. The summed E-state index contributed by atoms with van der Waals surface area (Å²) in [5, 5.41) is 0. The summed E-state index contributed by atoms with van der Waals surface area (Å²) < 4.78 is 12.3. The average molecular weight is 813 g/mol. The number of benzene rings is 4. The van der Waals surface area contributed by atoms with Gasteiger partial charge >= 0.3 is 37.9 Å². The fraction of sp³-hybridized carbons (Fsp3) is 0.217. The minimum atomic E-state index is -0.826. The number of fused-ring (bicyclic) bond motifs is 4. The molecule has 2 radical (unpaired) electrons. The van der Waals surface area contributed by atoms with Crippen LogP contribution in [0.15, 0.2) is 118 Å². The Hall–Kier alpha value is -3.40. The molecule has 2 atom stereocenters. The molecule has 10 rings (SSSR count). The van der Waals surface area contributed by atoms with Crippen LogP contribution in [0.4, 0.5) is 0 Å². The summed E-state index contributed by atoms with van der Waals surface area (Å²) in [5.41, 5.74) is 20.3. The Kier molecular flexibility index (Phi) is 10.0. The standard InChI is InChI=1S/C46H38O2Si.2ClH.Zr/c1-3-11-29(12-4-1)45-33-17-7-15-31(33)23-35-39(45)25-37(43-19-9-21-47-43)41(35)27-49-28-42-36-24-32-16-8-18-34(32)46(30-13-5-2-6-14-30)40(36)26-38(42)44-20-10-22-48-44;;;/h1-6,9-14,19-26,41-42H,7-8,15-18,27-28H2;2*1H;/q;;;+2/p-2. The number of allylic oxidation sites excluding steroid dienone is 2. The van der Waals surface area contributed by atoms with Gasteiger partial charge in [-0.15, -0.1) is 0 Å². The summed E-state index contributed by atoms with van der Waals surface area (Å²) in [6, 6.07) is 37.9. The minimum absolute atomic E-state index is 0.324. The summed E-state index contributed by atoms with van der Waals surface area (Å²) in [7, 11) is 10.7. The Labute approximate surface area is 327 Å². The van der Waals surface area contributed by atoms with Crippen LogP contribution >= 0.6 is 17.0 Å². The summed E-state index contributed by atoms with van der Waals surface area (Å²) in [5.74, 6) is 2.67. The van der Waals surface area contributed by atoms with Gasteiger partial charge in [0.25, 0.3) is 0 Å². The molecule has 2 nitrogen and oxygen atoms in total. The molecule has 6 heteroatoms. The second kappa shape index (κ2) is 15.2.